The third-order valence-electron chi connectivity index (χ3n) is 2.79. The zero-order valence-electron chi connectivity index (χ0n) is 11.9. The van der Waals surface area contributed by atoms with Crippen LogP contribution in [0.15, 0.2) is 52.5 Å². The minimum absolute atomic E-state index is 0.321. The van der Waals surface area contributed by atoms with Crippen LogP contribution in [-0.2, 0) is 9.53 Å². The highest BCUT2D eigenvalue weighted by Crippen LogP contribution is 2.22. The molecule has 1 rings (SSSR count). The van der Waals surface area contributed by atoms with Crippen LogP contribution in [0.2, 0.25) is 0 Å². The summed E-state index contributed by atoms with van der Waals surface area (Å²) in [4.78, 5) is 12.3. The number of aryl methyl sites for hydroxylation is 1. The monoisotopic (exact) mass is 276 g/mol. The summed E-state index contributed by atoms with van der Waals surface area (Å²) < 4.78 is 4.57. The van der Waals surface area contributed by atoms with E-state index in [2.05, 4.69) is 42.8 Å². The lowest BCUT2D eigenvalue weighted by atomic mass is 10.1. The predicted molar refractivity (Wildman–Crippen MR) is 81.4 cm³/mol. The highest BCUT2D eigenvalue weighted by atomic mass is 32.2. The van der Waals surface area contributed by atoms with Crippen LogP contribution in [0.4, 0.5) is 0 Å². The highest BCUT2D eigenvalue weighted by molar-refractivity contribution is 7.99. The minimum atomic E-state index is -0.321. The molecule has 0 amide bonds. The van der Waals surface area contributed by atoms with Crippen LogP contribution in [0.1, 0.15) is 19.4 Å². The average Bonchev–Trinajstić information content (AvgIpc) is 2.41. The van der Waals surface area contributed by atoms with Crippen molar-refractivity contribution in [2.75, 3.05) is 12.9 Å². The molecule has 1 aromatic rings. The Morgan fingerprint density at radius 3 is 2.68 bits per heavy atom. The first-order chi connectivity index (χ1) is 9.02. The van der Waals surface area contributed by atoms with Crippen LogP contribution in [0, 0.1) is 6.92 Å². The predicted octanol–water partition coefficient (Wildman–Crippen LogP) is 4.15. The van der Waals surface area contributed by atoms with Crippen molar-refractivity contribution in [2.24, 2.45) is 0 Å². The zero-order valence-corrected chi connectivity index (χ0v) is 12.7. The number of carbonyl (C=O) groups is 1. The molecule has 2 nitrogen and oxygen atoms in total. The van der Waals surface area contributed by atoms with E-state index in [4.69, 9.17) is 0 Å². The van der Waals surface area contributed by atoms with Crippen molar-refractivity contribution in [1.82, 2.24) is 0 Å². The van der Waals surface area contributed by atoms with Crippen molar-refractivity contribution in [2.45, 2.75) is 25.7 Å². The fourth-order valence-electron chi connectivity index (χ4n) is 1.41. The second kappa shape index (κ2) is 7.85. The van der Waals surface area contributed by atoms with E-state index < -0.39 is 0 Å². The van der Waals surface area contributed by atoms with Crippen molar-refractivity contribution < 1.29 is 9.53 Å². The molecule has 0 saturated carbocycles. The van der Waals surface area contributed by atoms with E-state index in [0.717, 1.165) is 11.3 Å². The number of esters is 1. The number of ether oxygens (including phenoxy) is 1. The van der Waals surface area contributed by atoms with Crippen molar-refractivity contribution in [3.05, 3.63) is 53.1 Å². The number of benzene rings is 1. The maximum absolute atomic E-state index is 11.0. The molecule has 0 bridgehead atoms. The lowest BCUT2D eigenvalue weighted by Crippen LogP contribution is -1.94. The van der Waals surface area contributed by atoms with E-state index in [1.165, 1.54) is 29.2 Å². The maximum Gasteiger partial charge on any atom is 0.330 e. The molecule has 0 spiro atoms. The SMILES string of the molecule is COC(=O)/C=C/C(C)=C(\C)CSc1cccc(C)c1. The summed E-state index contributed by atoms with van der Waals surface area (Å²) in [6.07, 6.45) is 3.26. The van der Waals surface area contributed by atoms with Gasteiger partial charge in [0.2, 0.25) is 0 Å². The lowest BCUT2D eigenvalue weighted by molar-refractivity contribution is -0.134. The molecule has 0 aliphatic carbocycles. The van der Waals surface area contributed by atoms with Crippen LogP contribution < -0.4 is 0 Å². The Morgan fingerprint density at radius 2 is 2.05 bits per heavy atom. The Bertz CT molecular complexity index is 501. The van der Waals surface area contributed by atoms with Crippen LogP contribution in [0.3, 0.4) is 0 Å². The molecule has 0 heterocycles. The molecule has 3 heteroatoms. The van der Waals surface area contributed by atoms with Gasteiger partial charge in [0.05, 0.1) is 7.11 Å². The smallest absolute Gasteiger partial charge is 0.330 e. The van der Waals surface area contributed by atoms with Gasteiger partial charge in [-0.15, -0.1) is 11.8 Å². The van der Waals surface area contributed by atoms with Gasteiger partial charge in [-0.2, -0.15) is 0 Å². The van der Waals surface area contributed by atoms with E-state index in [1.807, 2.05) is 6.92 Å². The van der Waals surface area contributed by atoms with Crippen LogP contribution in [0.5, 0.6) is 0 Å². The van der Waals surface area contributed by atoms with Crippen LogP contribution >= 0.6 is 11.8 Å². The second-order valence-corrected chi connectivity index (χ2v) is 5.47. The number of thioether (sulfide) groups is 1. The van der Waals surface area contributed by atoms with Gasteiger partial charge in [-0.05, 0) is 32.9 Å². The molecule has 0 fully saturated rings. The molecule has 0 unspecified atom stereocenters. The number of hydrogen-bond donors (Lipinski definition) is 0. The van der Waals surface area contributed by atoms with E-state index in [9.17, 15) is 4.79 Å². The van der Waals surface area contributed by atoms with E-state index in [0.29, 0.717) is 0 Å². The standard InChI is InChI=1S/C16H20O2S/c1-12-6-5-7-15(10-12)19-11-14(3)13(2)8-9-16(17)18-4/h5-10H,11H2,1-4H3/b9-8+,14-13+. The Morgan fingerprint density at radius 1 is 1.32 bits per heavy atom. The van der Waals surface area contributed by atoms with Crippen molar-refractivity contribution in [1.29, 1.82) is 0 Å². The first-order valence-corrected chi connectivity index (χ1v) is 7.13. The molecule has 0 aliphatic heterocycles. The van der Waals surface area contributed by atoms with Gasteiger partial charge in [0.15, 0.2) is 0 Å². The van der Waals surface area contributed by atoms with E-state index in [-0.39, 0.29) is 5.97 Å². The van der Waals surface area contributed by atoms with Gasteiger partial charge in [-0.1, -0.05) is 34.9 Å². The minimum Gasteiger partial charge on any atom is -0.466 e. The van der Waals surface area contributed by atoms with Gasteiger partial charge >= 0.3 is 5.97 Å². The first-order valence-electron chi connectivity index (χ1n) is 6.14. The Balaban J connectivity index is 2.60. The molecule has 0 N–H and O–H groups in total. The largest absolute Gasteiger partial charge is 0.466 e. The van der Waals surface area contributed by atoms with E-state index >= 15 is 0 Å². The van der Waals surface area contributed by atoms with Crippen molar-refractivity contribution >= 4 is 17.7 Å². The molecule has 0 atom stereocenters. The van der Waals surface area contributed by atoms with Crippen LogP contribution in [0.25, 0.3) is 0 Å². The fourth-order valence-corrected chi connectivity index (χ4v) is 2.47. The molecule has 102 valence electrons. The third-order valence-corrected chi connectivity index (χ3v) is 3.95. The summed E-state index contributed by atoms with van der Waals surface area (Å²) in [5.41, 5.74) is 3.63. The van der Waals surface area contributed by atoms with E-state index in [1.54, 1.807) is 17.8 Å². The number of rotatable bonds is 5. The fraction of sp³-hybridized carbons (Fsp3) is 0.312. The van der Waals surface area contributed by atoms with Gasteiger partial charge in [-0.3, -0.25) is 0 Å². The summed E-state index contributed by atoms with van der Waals surface area (Å²) >= 11 is 1.80. The molecule has 0 aliphatic rings. The van der Waals surface area contributed by atoms with Gasteiger partial charge in [-0.25, -0.2) is 4.79 Å². The maximum atomic E-state index is 11.0. The van der Waals surface area contributed by atoms with Crippen molar-refractivity contribution in [3.63, 3.8) is 0 Å². The summed E-state index contributed by atoms with van der Waals surface area (Å²) in [7, 11) is 1.38. The summed E-state index contributed by atoms with van der Waals surface area (Å²) in [6, 6.07) is 8.46. The van der Waals surface area contributed by atoms with Gasteiger partial charge < -0.3 is 4.74 Å². The second-order valence-electron chi connectivity index (χ2n) is 4.43. The summed E-state index contributed by atoms with van der Waals surface area (Å²) in [6.45, 7) is 6.18. The number of allylic oxidation sites excluding steroid dienone is 2. The number of hydrogen-bond acceptors (Lipinski definition) is 3. The van der Waals surface area contributed by atoms with Crippen molar-refractivity contribution in [3.8, 4) is 0 Å². The quantitative estimate of drug-likeness (QED) is 0.350. The summed E-state index contributed by atoms with van der Waals surface area (Å²) in [5, 5.41) is 0. The topological polar surface area (TPSA) is 26.3 Å². The number of methoxy groups -OCH3 is 1. The molecule has 0 aromatic heterocycles. The molecular formula is C16H20O2S. The van der Waals surface area contributed by atoms with Gasteiger partial charge in [0.1, 0.15) is 0 Å². The molecular weight excluding hydrogens is 256 g/mol. The highest BCUT2D eigenvalue weighted by Gasteiger charge is 1.99. The number of carbonyl (C=O) groups excluding carboxylic acids is 1. The van der Waals surface area contributed by atoms with Crippen LogP contribution in [-0.4, -0.2) is 18.8 Å². The first kappa shape index (κ1) is 15.6. The summed E-state index contributed by atoms with van der Waals surface area (Å²) in [5.74, 6) is 0.597. The zero-order chi connectivity index (χ0) is 14.3. The Hall–Kier alpha value is -1.48. The Kier molecular flexibility index (Phi) is 6.43. The molecule has 0 saturated heterocycles. The normalized spacial score (nSPS) is 12.4. The Labute approximate surface area is 119 Å². The molecule has 1 aromatic carbocycles. The van der Waals surface area contributed by atoms with Gasteiger partial charge in [0.25, 0.3) is 0 Å². The molecule has 0 radical (unpaired) electrons. The lowest BCUT2D eigenvalue weighted by Gasteiger charge is -2.05. The average molecular weight is 276 g/mol. The van der Waals surface area contributed by atoms with Gasteiger partial charge in [0, 0.05) is 16.7 Å². The molecule has 19 heavy (non-hydrogen) atoms. The third kappa shape index (κ3) is 5.79.